The van der Waals surface area contributed by atoms with Gasteiger partial charge in [-0.1, -0.05) is 6.07 Å². The van der Waals surface area contributed by atoms with Crippen LogP contribution in [0.1, 0.15) is 24.4 Å². The lowest BCUT2D eigenvalue weighted by Gasteiger charge is -2.08. The Morgan fingerprint density at radius 2 is 1.85 bits per heavy atom. The minimum absolute atomic E-state index is 0.607. The molecule has 0 amide bonds. The van der Waals surface area contributed by atoms with Gasteiger partial charge in [0.15, 0.2) is 0 Å². The molecule has 2 aromatic carbocycles. The van der Waals surface area contributed by atoms with E-state index in [-0.39, 0.29) is 0 Å². The Kier molecular flexibility index (Phi) is 2.36. The molecule has 1 saturated carbocycles. The van der Waals surface area contributed by atoms with Gasteiger partial charge in [0.25, 0.3) is 0 Å². The van der Waals surface area contributed by atoms with Crippen LogP contribution in [0.15, 0.2) is 42.5 Å². The zero-order valence-electron chi connectivity index (χ0n) is 11.5. The maximum Gasteiger partial charge on any atom is 0.141 e. The molecule has 3 nitrogen and oxygen atoms in total. The zero-order valence-corrected chi connectivity index (χ0v) is 11.5. The van der Waals surface area contributed by atoms with Gasteiger partial charge in [-0.2, -0.15) is 0 Å². The molecule has 4 rings (SSSR count). The predicted octanol–water partition coefficient (Wildman–Crippen LogP) is 3.93. The number of rotatable bonds is 2. The molecular formula is C17H17N3. The summed E-state index contributed by atoms with van der Waals surface area (Å²) >= 11 is 0. The summed E-state index contributed by atoms with van der Waals surface area (Å²) in [5.41, 5.74) is 11.3. The molecule has 3 aromatic rings. The quantitative estimate of drug-likeness (QED) is 0.712. The molecular weight excluding hydrogens is 246 g/mol. The fourth-order valence-electron chi connectivity index (χ4n) is 2.75. The van der Waals surface area contributed by atoms with Gasteiger partial charge in [-0.05, 0) is 61.7 Å². The molecule has 0 radical (unpaired) electrons. The van der Waals surface area contributed by atoms with E-state index < -0.39 is 0 Å². The van der Waals surface area contributed by atoms with Gasteiger partial charge < -0.3 is 10.3 Å². The third-order valence-corrected chi connectivity index (χ3v) is 3.93. The van der Waals surface area contributed by atoms with Crippen molar-refractivity contribution >= 4 is 16.7 Å². The molecule has 0 aliphatic heterocycles. The molecule has 0 spiro atoms. The van der Waals surface area contributed by atoms with Crippen LogP contribution in [0.3, 0.4) is 0 Å². The second-order valence-corrected chi connectivity index (χ2v) is 5.65. The SMILES string of the molecule is Cc1ccc2c(c1)nc(-c1ccc(N)cc1)n2C1CC1. The van der Waals surface area contributed by atoms with Crippen LogP contribution in [0.2, 0.25) is 0 Å². The molecule has 3 heteroatoms. The minimum Gasteiger partial charge on any atom is -0.399 e. The normalized spacial score (nSPS) is 14.8. The van der Waals surface area contributed by atoms with Crippen molar-refractivity contribution in [1.29, 1.82) is 0 Å². The molecule has 20 heavy (non-hydrogen) atoms. The Morgan fingerprint density at radius 1 is 1.10 bits per heavy atom. The van der Waals surface area contributed by atoms with E-state index in [2.05, 4.69) is 41.8 Å². The second kappa shape index (κ2) is 4.10. The van der Waals surface area contributed by atoms with Gasteiger partial charge in [0.2, 0.25) is 0 Å². The lowest BCUT2D eigenvalue weighted by Crippen LogP contribution is -1.97. The fraction of sp³-hybridized carbons (Fsp3) is 0.235. The minimum atomic E-state index is 0.607. The van der Waals surface area contributed by atoms with E-state index in [0.29, 0.717) is 6.04 Å². The molecule has 0 saturated heterocycles. The summed E-state index contributed by atoms with van der Waals surface area (Å²) in [4.78, 5) is 4.86. The lowest BCUT2D eigenvalue weighted by atomic mass is 10.2. The first-order valence-corrected chi connectivity index (χ1v) is 7.07. The molecule has 0 unspecified atom stereocenters. The van der Waals surface area contributed by atoms with Gasteiger partial charge in [0, 0.05) is 17.3 Å². The van der Waals surface area contributed by atoms with E-state index in [0.717, 1.165) is 22.6 Å². The van der Waals surface area contributed by atoms with Gasteiger partial charge in [-0.3, -0.25) is 0 Å². The van der Waals surface area contributed by atoms with Crippen molar-refractivity contribution in [3.8, 4) is 11.4 Å². The Bertz CT molecular complexity index is 780. The van der Waals surface area contributed by atoms with E-state index in [4.69, 9.17) is 10.7 Å². The number of nitrogens with two attached hydrogens (primary N) is 1. The first kappa shape index (κ1) is 11.5. The number of aryl methyl sites for hydroxylation is 1. The molecule has 100 valence electrons. The first-order chi connectivity index (χ1) is 9.72. The summed E-state index contributed by atoms with van der Waals surface area (Å²) in [5.74, 6) is 1.06. The number of aromatic nitrogens is 2. The van der Waals surface area contributed by atoms with E-state index in [9.17, 15) is 0 Å². The highest BCUT2D eigenvalue weighted by molar-refractivity contribution is 5.82. The number of nitrogens with zero attached hydrogens (tertiary/aromatic N) is 2. The summed E-state index contributed by atoms with van der Waals surface area (Å²) < 4.78 is 2.39. The highest BCUT2D eigenvalue weighted by Gasteiger charge is 2.28. The van der Waals surface area contributed by atoms with E-state index >= 15 is 0 Å². The number of anilines is 1. The number of imidazole rings is 1. The summed E-state index contributed by atoms with van der Waals surface area (Å²) in [7, 11) is 0. The smallest absolute Gasteiger partial charge is 0.141 e. The average molecular weight is 263 g/mol. The Hall–Kier alpha value is -2.29. The van der Waals surface area contributed by atoms with Crippen molar-refractivity contribution < 1.29 is 0 Å². The summed E-state index contributed by atoms with van der Waals surface area (Å²) in [6.45, 7) is 2.11. The van der Waals surface area contributed by atoms with Crippen LogP contribution >= 0.6 is 0 Å². The van der Waals surface area contributed by atoms with Crippen LogP contribution < -0.4 is 5.73 Å². The monoisotopic (exact) mass is 263 g/mol. The number of benzene rings is 2. The average Bonchev–Trinajstić information content (AvgIpc) is 3.20. The number of fused-ring (bicyclic) bond motifs is 1. The fourth-order valence-corrected chi connectivity index (χ4v) is 2.75. The molecule has 0 bridgehead atoms. The van der Waals surface area contributed by atoms with Crippen molar-refractivity contribution in [3.63, 3.8) is 0 Å². The van der Waals surface area contributed by atoms with E-state index in [1.54, 1.807) is 0 Å². The van der Waals surface area contributed by atoms with Crippen LogP contribution in [-0.4, -0.2) is 9.55 Å². The standard InChI is InChI=1S/C17H17N3/c1-11-2-9-16-15(10-11)19-17(20(16)14-7-8-14)12-3-5-13(18)6-4-12/h2-6,9-10,14H,7-8,18H2,1H3. The molecule has 1 heterocycles. The van der Waals surface area contributed by atoms with Gasteiger partial charge in [0.1, 0.15) is 5.82 Å². The van der Waals surface area contributed by atoms with Crippen molar-refractivity contribution in [2.24, 2.45) is 0 Å². The molecule has 0 atom stereocenters. The van der Waals surface area contributed by atoms with Crippen LogP contribution in [0.5, 0.6) is 0 Å². The third kappa shape index (κ3) is 1.78. The molecule has 1 aromatic heterocycles. The van der Waals surface area contributed by atoms with Gasteiger partial charge in [-0.25, -0.2) is 4.98 Å². The maximum absolute atomic E-state index is 5.78. The number of hydrogen-bond donors (Lipinski definition) is 1. The maximum atomic E-state index is 5.78. The number of hydrogen-bond acceptors (Lipinski definition) is 2. The molecule has 1 aliphatic rings. The Labute approximate surface area is 118 Å². The van der Waals surface area contributed by atoms with Crippen molar-refractivity contribution in [2.45, 2.75) is 25.8 Å². The first-order valence-electron chi connectivity index (χ1n) is 7.07. The van der Waals surface area contributed by atoms with Gasteiger partial charge in [-0.15, -0.1) is 0 Å². The van der Waals surface area contributed by atoms with Crippen molar-refractivity contribution in [1.82, 2.24) is 9.55 Å². The topological polar surface area (TPSA) is 43.8 Å². The van der Waals surface area contributed by atoms with E-state index in [1.807, 2.05) is 12.1 Å². The summed E-state index contributed by atoms with van der Waals surface area (Å²) in [6.07, 6.45) is 2.50. The lowest BCUT2D eigenvalue weighted by molar-refractivity contribution is 0.775. The van der Waals surface area contributed by atoms with E-state index in [1.165, 1.54) is 23.9 Å². The van der Waals surface area contributed by atoms with Crippen LogP contribution in [0.4, 0.5) is 5.69 Å². The second-order valence-electron chi connectivity index (χ2n) is 5.65. The van der Waals surface area contributed by atoms with Crippen LogP contribution in [0, 0.1) is 6.92 Å². The van der Waals surface area contributed by atoms with Crippen LogP contribution in [-0.2, 0) is 0 Å². The predicted molar refractivity (Wildman–Crippen MR) is 82.6 cm³/mol. The van der Waals surface area contributed by atoms with Gasteiger partial charge >= 0.3 is 0 Å². The molecule has 2 N–H and O–H groups in total. The highest BCUT2D eigenvalue weighted by Crippen LogP contribution is 2.41. The summed E-state index contributed by atoms with van der Waals surface area (Å²) in [5, 5.41) is 0. The zero-order chi connectivity index (χ0) is 13.7. The summed E-state index contributed by atoms with van der Waals surface area (Å²) in [6, 6.07) is 15.1. The highest BCUT2D eigenvalue weighted by atomic mass is 15.1. The molecule has 1 aliphatic carbocycles. The molecule has 1 fully saturated rings. The Balaban J connectivity index is 1.97. The van der Waals surface area contributed by atoms with Crippen molar-refractivity contribution in [2.75, 3.05) is 5.73 Å². The van der Waals surface area contributed by atoms with Crippen LogP contribution in [0.25, 0.3) is 22.4 Å². The third-order valence-electron chi connectivity index (χ3n) is 3.93. The van der Waals surface area contributed by atoms with Gasteiger partial charge in [0.05, 0.1) is 11.0 Å². The number of nitrogen functional groups attached to an aromatic ring is 1. The van der Waals surface area contributed by atoms with Crippen molar-refractivity contribution in [3.05, 3.63) is 48.0 Å². The largest absolute Gasteiger partial charge is 0.399 e. The Morgan fingerprint density at radius 3 is 2.55 bits per heavy atom.